The van der Waals surface area contributed by atoms with Crippen LogP contribution in [0.3, 0.4) is 0 Å². The van der Waals surface area contributed by atoms with Crippen molar-refractivity contribution in [2.24, 2.45) is 0 Å². The third-order valence-corrected chi connectivity index (χ3v) is 3.06. The van der Waals surface area contributed by atoms with Crippen LogP contribution in [0.2, 0.25) is 0 Å². The number of hydrogen-bond donors (Lipinski definition) is 1. The molecule has 0 radical (unpaired) electrons. The molecule has 3 nitrogen and oxygen atoms in total. The summed E-state index contributed by atoms with van der Waals surface area (Å²) in [4.78, 5) is 2.24. The molecular formula is C17H26N2O. The van der Waals surface area contributed by atoms with Crippen molar-refractivity contribution in [2.45, 2.75) is 26.8 Å². The maximum absolute atomic E-state index is 5.91. The normalized spacial score (nSPS) is 10.5. The van der Waals surface area contributed by atoms with E-state index in [-0.39, 0.29) is 0 Å². The van der Waals surface area contributed by atoms with Crippen LogP contribution in [0.25, 0.3) is 0 Å². The molecule has 1 rings (SSSR count). The molecule has 20 heavy (non-hydrogen) atoms. The van der Waals surface area contributed by atoms with Gasteiger partial charge in [0, 0.05) is 18.7 Å². The van der Waals surface area contributed by atoms with Crippen LogP contribution < -0.4 is 10.1 Å². The average molecular weight is 274 g/mol. The lowest BCUT2D eigenvalue weighted by atomic mass is 10.2. The van der Waals surface area contributed by atoms with Gasteiger partial charge in [0.15, 0.2) is 0 Å². The summed E-state index contributed by atoms with van der Waals surface area (Å²) in [6, 6.07) is 8.18. The van der Waals surface area contributed by atoms with Crippen molar-refractivity contribution in [1.82, 2.24) is 10.2 Å². The first-order chi connectivity index (χ1) is 9.81. The zero-order valence-electron chi connectivity index (χ0n) is 12.7. The molecule has 0 aromatic heterocycles. The van der Waals surface area contributed by atoms with Gasteiger partial charge in [-0.15, -0.1) is 6.42 Å². The van der Waals surface area contributed by atoms with E-state index in [1.165, 1.54) is 5.56 Å². The van der Waals surface area contributed by atoms with Crippen molar-refractivity contribution in [1.29, 1.82) is 0 Å². The third-order valence-electron chi connectivity index (χ3n) is 3.06. The number of nitrogens with zero attached hydrogens (tertiary/aromatic N) is 1. The van der Waals surface area contributed by atoms with Crippen molar-refractivity contribution in [3.8, 4) is 18.1 Å². The van der Waals surface area contributed by atoms with Crippen LogP contribution >= 0.6 is 0 Å². The Balaban J connectivity index is 2.46. The molecule has 0 aliphatic heterocycles. The molecule has 0 aliphatic carbocycles. The standard InChI is InChI=1S/C17H26N2O/c1-4-11-19(12-5-2)13-14-20-17-10-8-7-9-16(17)15-18-6-3/h1,7-10,18H,5-6,11-15H2,2-3H3. The minimum absolute atomic E-state index is 0.671. The molecule has 0 fully saturated rings. The van der Waals surface area contributed by atoms with Crippen LogP contribution in [0.15, 0.2) is 24.3 Å². The third kappa shape index (κ3) is 6.10. The molecule has 0 saturated carbocycles. The Morgan fingerprint density at radius 1 is 1.25 bits per heavy atom. The van der Waals surface area contributed by atoms with Crippen LogP contribution in [-0.2, 0) is 6.54 Å². The maximum atomic E-state index is 5.91. The lowest BCUT2D eigenvalue weighted by Gasteiger charge is -2.19. The predicted molar refractivity (Wildman–Crippen MR) is 84.9 cm³/mol. The van der Waals surface area contributed by atoms with Gasteiger partial charge < -0.3 is 10.1 Å². The van der Waals surface area contributed by atoms with E-state index in [0.29, 0.717) is 13.2 Å². The fourth-order valence-electron chi connectivity index (χ4n) is 2.05. The van der Waals surface area contributed by atoms with Crippen molar-refractivity contribution in [2.75, 3.05) is 32.8 Å². The first-order valence-corrected chi connectivity index (χ1v) is 7.39. The topological polar surface area (TPSA) is 24.5 Å². The number of terminal acetylenes is 1. The van der Waals surface area contributed by atoms with Crippen molar-refractivity contribution >= 4 is 0 Å². The maximum Gasteiger partial charge on any atom is 0.123 e. The number of hydrogen-bond acceptors (Lipinski definition) is 3. The second-order valence-corrected chi connectivity index (χ2v) is 4.72. The van der Waals surface area contributed by atoms with Crippen LogP contribution in [0.4, 0.5) is 0 Å². The Morgan fingerprint density at radius 2 is 2.05 bits per heavy atom. The number of ether oxygens (including phenoxy) is 1. The first kappa shape index (κ1) is 16.6. The summed E-state index contributed by atoms with van der Waals surface area (Å²) in [6.07, 6.45) is 6.49. The summed E-state index contributed by atoms with van der Waals surface area (Å²) < 4.78 is 5.91. The molecule has 110 valence electrons. The fraction of sp³-hybridized carbons (Fsp3) is 0.529. The molecule has 0 unspecified atom stereocenters. The highest BCUT2D eigenvalue weighted by Crippen LogP contribution is 2.17. The van der Waals surface area contributed by atoms with Crippen molar-refractivity contribution < 1.29 is 4.74 Å². The van der Waals surface area contributed by atoms with E-state index in [1.807, 2.05) is 18.2 Å². The lowest BCUT2D eigenvalue weighted by molar-refractivity contribution is 0.224. The molecule has 0 saturated heterocycles. The SMILES string of the molecule is C#CCN(CCC)CCOc1ccccc1CNCC. The quantitative estimate of drug-likeness (QED) is 0.664. The number of benzene rings is 1. The van der Waals surface area contributed by atoms with Gasteiger partial charge in [0.2, 0.25) is 0 Å². The van der Waals surface area contributed by atoms with Crippen LogP contribution in [0, 0.1) is 12.3 Å². The van der Waals surface area contributed by atoms with Gasteiger partial charge >= 0.3 is 0 Å². The summed E-state index contributed by atoms with van der Waals surface area (Å²) in [6.45, 7) is 9.32. The van der Waals surface area contributed by atoms with Gasteiger partial charge in [-0.1, -0.05) is 38.0 Å². The number of para-hydroxylation sites is 1. The number of rotatable bonds is 10. The molecule has 3 heteroatoms. The van der Waals surface area contributed by atoms with Crippen molar-refractivity contribution in [3.63, 3.8) is 0 Å². The fourth-order valence-corrected chi connectivity index (χ4v) is 2.05. The van der Waals surface area contributed by atoms with E-state index in [2.05, 4.69) is 36.1 Å². The summed E-state index contributed by atoms with van der Waals surface area (Å²) in [5.74, 6) is 3.66. The van der Waals surface area contributed by atoms with E-state index < -0.39 is 0 Å². The zero-order chi connectivity index (χ0) is 14.6. The van der Waals surface area contributed by atoms with Gasteiger partial charge in [0.1, 0.15) is 12.4 Å². The lowest BCUT2D eigenvalue weighted by Crippen LogP contribution is -2.29. The van der Waals surface area contributed by atoms with Crippen molar-refractivity contribution in [3.05, 3.63) is 29.8 Å². The molecule has 1 aromatic carbocycles. The highest BCUT2D eigenvalue weighted by Gasteiger charge is 2.05. The van der Waals surface area contributed by atoms with Gasteiger partial charge in [-0.05, 0) is 25.6 Å². The van der Waals surface area contributed by atoms with Gasteiger partial charge in [-0.2, -0.15) is 0 Å². The molecular weight excluding hydrogens is 248 g/mol. The Hall–Kier alpha value is -1.50. The highest BCUT2D eigenvalue weighted by atomic mass is 16.5. The molecule has 1 N–H and O–H groups in total. The summed E-state index contributed by atoms with van der Waals surface area (Å²) in [5.41, 5.74) is 1.20. The van der Waals surface area contributed by atoms with Gasteiger partial charge in [-0.3, -0.25) is 4.90 Å². The Labute approximate surface area is 123 Å². The minimum Gasteiger partial charge on any atom is -0.492 e. The Morgan fingerprint density at radius 3 is 2.75 bits per heavy atom. The van der Waals surface area contributed by atoms with Gasteiger partial charge in [-0.25, -0.2) is 0 Å². The first-order valence-electron chi connectivity index (χ1n) is 7.39. The number of nitrogens with one attached hydrogen (secondary N) is 1. The van der Waals surface area contributed by atoms with E-state index in [4.69, 9.17) is 11.2 Å². The smallest absolute Gasteiger partial charge is 0.123 e. The minimum atomic E-state index is 0.671. The summed E-state index contributed by atoms with van der Waals surface area (Å²) >= 11 is 0. The molecule has 0 aliphatic rings. The van der Waals surface area contributed by atoms with Crippen LogP contribution in [-0.4, -0.2) is 37.7 Å². The van der Waals surface area contributed by atoms with E-state index in [0.717, 1.165) is 38.3 Å². The van der Waals surface area contributed by atoms with Gasteiger partial charge in [0.05, 0.1) is 6.54 Å². The predicted octanol–water partition coefficient (Wildman–Crippen LogP) is 2.52. The second kappa shape index (κ2) is 10.3. The van der Waals surface area contributed by atoms with Gasteiger partial charge in [0.25, 0.3) is 0 Å². The van der Waals surface area contributed by atoms with E-state index in [1.54, 1.807) is 0 Å². The molecule has 1 aromatic rings. The summed E-state index contributed by atoms with van der Waals surface area (Å²) in [5, 5.41) is 3.33. The van der Waals surface area contributed by atoms with Crippen LogP contribution in [0.1, 0.15) is 25.8 Å². The summed E-state index contributed by atoms with van der Waals surface area (Å²) in [7, 11) is 0. The second-order valence-electron chi connectivity index (χ2n) is 4.72. The Bertz CT molecular complexity index is 412. The molecule has 0 bridgehead atoms. The molecule has 0 heterocycles. The molecule has 0 spiro atoms. The molecule has 0 amide bonds. The van der Waals surface area contributed by atoms with E-state index >= 15 is 0 Å². The zero-order valence-corrected chi connectivity index (χ0v) is 12.7. The Kier molecular flexibility index (Phi) is 8.53. The highest BCUT2D eigenvalue weighted by molar-refractivity contribution is 5.33. The van der Waals surface area contributed by atoms with Crippen LogP contribution in [0.5, 0.6) is 5.75 Å². The largest absolute Gasteiger partial charge is 0.492 e. The van der Waals surface area contributed by atoms with E-state index in [9.17, 15) is 0 Å². The molecule has 0 atom stereocenters. The average Bonchev–Trinajstić information content (AvgIpc) is 2.46. The monoisotopic (exact) mass is 274 g/mol.